The highest BCUT2D eigenvalue weighted by Crippen LogP contribution is 2.22. The van der Waals surface area contributed by atoms with Gasteiger partial charge in [-0.1, -0.05) is 21.6 Å². The Kier molecular flexibility index (Phi) is 7.26. The molecule has 0 aliphatic rings. The molecule has 4 N–H and O–H groups in total. The Bertz CT molecular complexity index is 190. The number of hydrogen-bond donors (Lipinski definition) is 2. The SMILES string of the molecule is CC(=O)[C@H](N)CSSC[C@H](N)C(C)=O. The van der Waals surface area contributed by atoms with Crippen LogP contribution in [0.5, 0.6) is 0 Å². The molecule has 0 aliphatic heterocycles. The van der Waals surface area contributed by atoms with E-state index in [1.54, 1.807) is 0 Å². The van der Waals surface area contributed by atoms with Gasteiger partial charge in [-0.05, 0) is 13.8 Å². The van der Waals surface area contributed by atoms with Crippen molar-refractivity contribution in [2.24, 2.45) is 11.5 Å². The summed E-state index contributed by atoms with van der Waals surface area (Å²) in [4.78, 5) is 21.5. The minimum Gasteiger partial charge on any atom is -0.321 e. The van der Waals surface area contributed by atoms with E-state index in [0.717, 1.165) is 0 Å². The maximum atomic E-state index is 10.8. The lowest BCUT2D eigenvalue weighted by atomic mass is 10.3. The highest BCUT2D eigenvalue weighted by atomic mass is 33.1. The molecule has 0 aromatic carbocycles. The Morgan fingerprint density at radius 2 is 1.29 bits per heavy atom. The van der Waals surface area contributed by atoms with E-state index < -0.39 is 12.1 Å². The van der Waals surface area contributed by atoms with Crippen LogP contribution in [0.15, 0.2) is 0 Å². The van der Waals surface area contributed by atoms with Gasteiger partial charge >= 0.3 is 0 Å². The molecular formula is C8H16N2O2S2. The minimum atomic E-state index is -0.416. The number of ketones is 2. The molecule has 0 heterocycles. The van der Waals surface area contributed by atoms with Crippen LogP contribution >= 0.6 is 21.6 Å². The minimum absolute atomic E-state index is 0.0195. The van der Waals surface area contributed by atoms with Crippen molar-refractivity contribution >= 4 is 33.2 Å². The van der Waals surface area contributed by atoms with Gasteiger partial charge in [-0.15, -0.1) is 0 Å². The molecule has 4 nitrogen and oxygen atoms in total. The van der Waals surface area contributed by atoms with Crippen LogP contribution in [0.1, 0.15) is 13.8 Å². The summed E-state index contributed by atoms with van der Waals surface area (Å²) in [5.74, 6) is 1.08. The lowest BCUT2D eigenvalue weighted by molar-refractivity contribution is -0.118. The summed E-state index contributed by atoms with van der Waals surface area (Å²) in [6.07, 6.45) is 0. The van der Waals surface area contributed by atoms with E-state index in [1.165, 1.54) is 35.4 Å². The standard InChI is InChI=1S/C8H16N2O2S2/c1-5(11)7(9)3-13-14-4-8(10)6(2)12/h7-8H,3-4,9-10H2,1-2H3/t7-,8+. The molecule has 0 unspecified atom stereocenters. The van der Waals surface area contributed by atoms with E-state index in [1.807, 2.05) is 0 Å². The van der Waals surface area contributed by atoms with Crippen LogP contribution in [0.25, 0.3) is 0 Å². The van der Waals surface area contributed by atoms with Crippen LogP contribution < -0.4 is 11.5 Å². The molecular weight excluding hydrogens is 220 g/mol. The fourth-order valence-electron chi connectivity index (χ4n) is 0.478. The van der Waals surface area contributed by atoms with E-state index in [9.17, 15) is 9.59 Å². The van der Waals surface area contributed by atoms with Crippen molar-refractivity contribution in [3.63, 3.8) is 0 Å². The van der Waals surface area contributed by atoms with Gasteiger partial charge in [0.15, 0.2) is 0 Å². The van der Waals surface area contributed by atoms with Crippen molar-refractivity contribution in [2.45, 2.75) is 25.9 Å². The number of rotatable bonds is 7. The zero-order valence-electron chi connectivity index (χ0n) is 8.36. The molecule has 82 valence electrons. The van der Waals surface area contributed by atoms with Crippen molar-refractivity contribution in [2.75, 3.05) is 11.5 Å². The molecule has 0 aliphatic carbocycles. The second-order valence-corrected chi connectivity index (χ2v) is 5.56. The Morgan fingerprint density at radius 3 is 1.50 bits per heavy atom. The highest BCUT2D eigenvalue weighted by molar-refractivity contribution is 8.76. The number of carbonyl (C=O) groups is 2. The number of nitrogens with two attached hydrogens (primary N) is 2. The first kappa shape index (κ1) is 14.0. The molecule has 0 rings (SSSR count). The fourth-order valence-corrected chi connectivity index (χ4v) is 2.89. The van der Waals surface area contributed by atoms with E-state index >= 15 is 0 Å². The molecule has 0 spiro atoms. The van der Waals surface area contributed by atoms with Crippen LogP contribution in [-0.4, -0.2) is 35.2 Å². The first-order valence-electron chi connectivity index (χ1n) is 4.21. The molecule has 0 radical (unpaired) electrons. The van der Waals surface area contributed by atoms with Crippen LogP contribution in [-0.2, 0) is 9.59 Å². The largest absolute Gasteiger partial charge is 0.321 e. The van der Waals surface area contributed by atoms with Crippen LogP contribution in [0, 0.1) is 0 Å². The normalized spacial score (nSPS) is 14.9. The monoisotopic (exact) mass is 236 g/mol. The summed E-state index contributed by atoms with van der Waals surface area (Å²) in [5.41, 5.74) is 11.0. The maximum absolute atomic E-state index is 10.8. The van der Waals surface area contributed by atoms with E-state index in [4.69, 9.17) is 11.5 Å². The summed E-state index contributed by atoms with van der Waals surface area (Å²) < 4.78 is 0. The zero-order chi connectivity index (χ0) is 11.1. The maximum Gasteiger partial charge on any atom is 0.147 e. The van der Waals surface area contributed by atoms with Gasteiger partial charge in [0.25, 0.3) is 0 Å². The van der Waals surface area contributed by atoms with Crippen molar-refractivity contribution in [3.8, 4) is 0 Å². The fraction of sp³-hybridized carbons (Fsp3) is 0.750. The van der Waals surface area contributed by atoms with Gasteiger partial charge in [-0.25, -0.2) is 0 Å². The van der Waals surface area contributed by atoms with Crippen molar-refractivity contribution < 1.29 is 9.59 Å². The van der Waals surface area contributed by atoms with Gasteiger partial charge in [0.2, 0.25) is 0 Å². The average Bonchev–Trinajstić information content (AvgIpc) is 2.11. The average molecular weight is 236 g/mol. The molecule has 0 amide bonds. The molecule has 2 atom stereocenters. The van der Waals surface area contributed by atoms with Crippen LogP contribution in [0.4, 0.5) is 0 Å². The second kappa shape index (κ2) is 7.28. The predicted molar refractivity (Wildman–Crippen MR) is 62.2 cm³/mol. The summed E-state index contributed by atoms with van der Waals surface area (Å²) >= 11 is 0. The third kappa shape index (κ3) is 6.42. The molecule has 0 aromatic heterocycles. The van der Waals surface area contributed by atoms with E-state index in [2.05, 4.69) is 0 Å². The summed E-state index contributed by atoms with van der Waals surface area (Å²) in [6, 6.07) is -0.831. The number of carbonyl (C=O) groups excluding carboxylic acids is 2. The topological polar surface area (TPSA) is 86.2 Å². The second-order valence-electron chi connectivity index (χ2n) is 3.00. The van der Waals surface area contributed by atoms with E-state index in [-0.39, 0.29) is 11.6 Å². The van der Waals surface area contributed by atoms with Gasteiger partial charge in [-0.2, -0.15) is 0 Å². The first-order valence-corrected chi connectivity index (χ1v) is 6.70. The predicted octanol–water partition coefficient (Wildman–Crippen LogP) is 0.200. The first-order chi connectivity index (χ1) is 6.45. The van der Waals surface area contributed by atoms with Crippen molar-refractivity contribution in [1.82, 2.24) is 0 Å². The van der Waals surface area contributed by atoms with Crippen LogP contribution in [0.3, 0.4) is 0 Å². The molecule has 0 fully saturated rings. The van der Waals surface area contributed by atoms with Gasteiger partial charge in [0.05, 0.1) is 12.1 Å². The van der Waals surface area contributed by atoms with Gasteiger partial charge < -0.3 is 11.5 Å². The third-order valence-electron chi connectivity index (χ3n) is 1.62. The Hall–Kier alpha value is -0.0400. The third-order valence-corrected chi connectivity index (χ3v) is 4.10. The molecule has 0 bridgehead atoms. The quantitative estimate of drug-likeness (QED) is 0.485. The highest BCUT2D eigenvalue weighted by Gasteiger charge is 2.10. The molecule has 0 saturated heterocycles. The lowest BCUT2D eigenvalue weighted by Crippen LogP contribution is -2.31. The summed E-state index contributed by atoms with van der Waals surface area (Å²) in [7, 11) is 2.95. The zero-order valence-corrected chi connectivity index (χ0v) is 9.99. The van der Waals surface area contributed by atoms with Crippen molar-refractivity contribution in [1.29, 1.82) is 0 Å². The Morgan fingerprint density at radius 1 is 1.00 bits per heavy atom. The van der Waals surface area contributed by atoms with Gasteiger partial charge in [0, 0.05) is 11.5 Å². The molecule has 6 heteroatoms. The number of Topliss-reactive ketones (excluding diaryl/α,β-unsaturated/α-hetero) is 2. The number of hydrogen-bond acceptors (Lipinski definition) is 6. The Balaban J connectivity index is 3.47. The van der Waals surface area contributed by atoms with Gasteiger partial charge in [0.1, 0.15) is 11.6 Å². The lowest BCUT2D eigenvalue weighted by Gasteiger charge is -2.08. The van der Waals surface area contributed by atoms with Crippen molar-refractivity contribution in [3.05, 3.63) is 0 Å². The Labute approximate surface area is 91.9 Å². The molecule has 0 aromatic rings. The smallest absolute Gasteiger partial charge is 0.147 e. The summed E-state index contributed by atoms with van der Waals surface area (Å²) in [5, 5.41) is 0. The summed E-state index contributed by atoms with van der Waals surface area (Å²) in [6.45, 7) is 2.94. The molecule has 0 saturated carbocycles. The van der Waals surface area contributed by atoms with E-state index in [0.29, 0.717) is 11.5 Å². The van der Waals surface area contributed by atoms with Gasteiger partial charge in [-0.3, -0.25) is 9.59 Å². The van der Waals surface area contributed by atoms with Crippen LogP contribution in [0.2, 0.25) is 0 Å². The molecule has 14 heavy (non-hydrogen) atoms.